The van der Waals surface area contributed by atoms with Gasteiger partial charge in [-0.05, 0) is 60.9 Å². The van der Waals surface area contributed by atoms with Gasteiger partial charge in [0, 0.05) is 16.0 Å². The quantitative estimate of drug-likeness (QED) is 0.256. The highest BCUT2D eigenvalue weighted by Crippen LogP contribution is 2.32. The van der Waals surface area contributed by atoms with E-state index in [1.165, 1.54) is 23.2 Å². The van der Waals surface area contributed by atoms with Gasteiger partial charge in [0.15, 0.2) is 0 Å². The molecule has 1 saturated carbocycles. The monoisotopic (exact) mass is 533 g/mol. The summed E-state index contributed by atoms with van der Waals surface area (Å²) in [6.07, 6.45) is 7.12. The van der Waals surface area contributed by atoms with Crippen molar-refractivity contribution in [3.05, 3.63) is 104 Å². The number of hydrogen-bond acceptors (Lipinski definition) is 4. The number of halogens is 2. The SMILES string of the molecule is O=c1c2ccccc2nc(C2CCCCC2)n1N=Cc1cc(Br)ccc1OCc1ccc(F)cc1. The fourth-order valence-corrected chi connectivity index (χ4v) is 4.87. The van der Waals surface area contributed by atoms with Crippen molar-refractivity contribution >= 4 is 33.0 Å². The topological polar surface area (TPSA) is 56.5 Å². The Hall–Kier alpha value is -3.32. The lowest BCUT2D eigenvalue weighted by Gasteiger charge is -2.22. The fourth-order valence-electron chi connectivity index (χ4n) is 4.49. The van der Waals surface area contributed by atoms with Crippen molar-refractivity contribution in [2.45, 2.75) is 44.6 Å². The molecular formula is C28H25BrFN3O2. The van der Waals surface area contributed by atoms with E-state index in [1.807, 2.05) is 36.4 Å². The summed E-state index contributed by atoms with van der Waals surface area (Å²) in [4.78, 5) is 18.3. The predicted molar refractivity (Wildman–Crippen MR) is 140 cm³/mol. The summed E-state index contributed by atoms with van der Waals surface area (Å²) in [7, 11) is 0. The molecule has 1 aliphatic carbocycles. The Kier molecular flexibility index (Phi) is 7.04. The van der Waals surface area contributed by atoms with E-state index in [1.54, 1.807) is 24.4 Å². The van der Waals surface area contributed by atoms with Crippen LogP contribution in [-0.2, 0) is 6.61 Å². The van der Waals surface area contributed by atoms with Gasteiger partial charge in [0.05, 0.1) is 17.1 Å². The van der Waals surface area contributed by atoms with E-state index < -0.39 is 0 Å². The van der Waals surface area contributed by atoms with Gasteiger partial charge in [-0.2, -0.15) is 9.78 Å². The van der Waals surface area contributed by atoms with Crippen molar-refractivity contribution in [1.29, 1.82) is 0 Å². The molecule has 0 unspecified atom stereocenters. The van der Waals surface area contributed by atoms with Gasteiger partial charge >= 0.3 is 0 Å². The molecule has 5 nitrogen and oxygen atoms in total. The highest BCUT2D eigenvalue weighted by molar-refractivity contribution is 9.10. The zero-order chi connectivity index (χ0) is 24.2. The third-order valence-electron chi connectivity index (χ3n) is 6.34. The fraction of sp³-hybridized carbons (Fsp3) is 0.250. The maximum Gasteiger partial charge on any atom is 0.282 e. The molecule has 0 spiro atoms. The second kappa shape index (κ2) is 10.5. The summed E-state index contributed by atoms with van der Waals surface area (Å²) in [5.41, 5.74) is 2.11. The van der Waals surface area contributed by atoms with Crippen LogP contribution in [-0.4, -0.2) is 15.9 Å². The van der Waals surface area contributed by atoms with Crippen LogP contribution < -0.4 is 10.3 Å². The van der Waals surface area contributed by atoms with Gasteiger partial charge in [-0.15, -0.1) is 0 Å². The maximum atomic E-state index is 13.4. The van der Waals surface area contributed by atoms with Crippen molar-refractivity contribution in [3.8, 4) is 5.75 Å². The summed E-state index contributed by atoms with van der Waals surface area (Å²) < 4.78 is 21.6. The summed E-state index contributed by atoms with van der Waals surface area (Å²) in [6, 6.07) is 19.2. The van der Waals surface area contributed by atoms with Gasteiger partial charge in [-0.25, -0.2) is 9.37 Å². The molecule has 0 radical (unpaired) electrons. The molecule has 178 valence electrons. The van der Waals surface area contributed by atoms with Gasteiger partial charge in [-0.3, -0.25) is 4.79 Å². The maximum absolute atomic E-state index is 13.4. The largest absolute Gasteiger partial charge is 0.488 e. The lowest BCUT2D eigenvalue weighted by atomic mass is 9.88. The molecule has 0 amide bonds. The molecule has 0 saturated heterocycles. The molecule has 4 aromatic rings. The molecule has 0 N–H and O–H groups in total. The van der Waals surface area contributed by atoms with Crippen LogP contribution in [0.15, 0.2) is 81.1 Å². The molecule has 3 aromatic carbocycles. The van der Waals surface area contributed by atoms with Crippen molar-refractivity contribution in [3.63, 3.8) is 0 Å². The summed E-state index contributed by atoms with van der Waals surface area (Å²) in [6.45, 7) is 0.285. The number of para-hydroxylation sites is 1. The Balaban J connectivity index is 1.51. The van der Waals surface area contributed by atoms with E-state index in [-0.39, 0.29) is 23.9 Å². The number of benzene rings is 3. The Morgan fingerprint density at radius 3 is 2.63 bits per heavy atom. The Morgan fingerprint density at radius 1 is 1.06 bits per heavy atom. The second-order valence-corrected chi connectivity index (χ2v) is 9.70. The molecular weight excluding hydrogens is 509 g/mol. The first-order valence-electron chi connectivity index (χ1n) is 11.8. The van der Waals surface area contributed by atoms with Crippen LogP contribution in [0.2, 0.25) is 0 Å². The minimum Gasteiger partial charge on any atom is -0.488 e. The van der Waals surface area contributed by atoms with E-state index in [0.29, 0.717) is 22.5 Å². The third-order valence-corrected chi connectivity index (χ3v) is 6.83. The molecule has 35 heavy (non-hydrogen) atoms. The number of rotatable bonds is 6. The molecule has 5 rings (SSSR count). The minimum absolute atomic E-state index is 0.170. The van der Waals surface area contributed by atoms with E-state index in [2.05, 4.69) is 21.0 Å². The van der Waals surface area contributed by atoms with Crippen LogP contribution in [0.4, 0.5) is 4.39 Å². The molecule has 1 aromatic heterocycles. The Morgan fingerprint density at radius 2 is 1.83 bits per heavy atom. The number of ether oxygens (including phenoxy) is 1. The first-order valence-corrected chi connectivity index (χ1v) is 12.6. The van der Waals surface area contributed by atoms with Gasteiger partial charge < -0.3 is 4.74 Å². The van der Waals surface area contributed by atoms with Gasteiger partial charge in [-0.1, -0.05) is 59.5 Å². The zero-order valence-corrected chi connectivity index (χ0v) is 20.7. The molecule has 7 heteroatoms. The molecule has 1 heterocycles. The highest BCUT2D eigenvalue weighted by Gasteiger charge is 2.22. The standard InChI is InChI=1S/C28H25BrFN3O2/c29-22-12-15-26(35-18-19-10-13-23(30)14-11-19)21(16-22)17-31-33-27(20-6-2-1-3-7-20)32-25-9-5-4-8-24(25)28(33)34/h4-5,8-17,20H,1-3,6-7,18H2. The minimum atomic E-state index is -0.284. The van der Waals surface area contributed by atoms with E-state index in [9.17, 15) is 9.18 Å². The Bertz CT molecular complexity index is 1430. The summed E-state index contributed by atoms with van der Waals surface area (Å²) in [5, 5.41) is 5.18. The number of aromatic nitrogens is 2. The number of hydrogen-bond donors (Lipinski definition) is 0. The third kappa shape index (κ3) is 5.35. The molecule has 1 aliphatic rings. The molecule has 0 atom stereocenters. The van der Waals surface area contributed by atoms with Crippen molar-refractivity contribution in [1.82, 2.24) is 9.66 Å². The lowest BCUT2D eigenvalue weighted by molar-refractivity contribution is 0.305. The normalized spacial score (nSPS) is 14.6. The van der Waals surface area contributed by atoms with Gasteiger partial charge in [0.2, 0.25) is 0 Å². The van der Waals surface area contributed by atoms with Crippen LogP contribution >= 0.6 is 15.9 Å². The van der Waals surface area contributed by atoms with Gasteiger partial charge in [0.25, 0.3) is 5.56 Å². The average molecular weight is 534 g/mol. The van der Waals surface area contributed by atoms with Crippen LogP contribution in [0.5, 0.6) is 5.75 Å². The first kappa shape index (κ1) is 23.4. The number of fused-ring (bicyclic) bond motifs is 1. The van der Waals surface area contributed by atoms with Crippen LogP contribution in [0, 0.1) is 5.82 Å². The van der Waals surface area contributed by atoms with Crippen molar-refractivity contribution < 1.29 is 9.13 Å². The zero-order valence-electron chi connectivity index (χ0n) is 19.2. The smallest absolute Gasteiger partial charge is 0.282 e. The van der Waals surface area contributed by atoms with Crippen molar-refractivity contribution in [2.24, 2.45) is 5.10 Å². The molecule has 1 fully saturated rings. The van der Waals surface area contributed by atoms with Crippen LogP contribution in [0.1, 0.15) is 55.0 Å². The Labute approximate surface area is 211 Å². The van der Waals surface area contributed by atoms with Gasteiger partial charge in [0.1, 0.15) is 24.0 Å². The average Bonchev–Trinajstić information content (AvgIpc) is 2.89. The predicted octanol–water partition coefficient (Wildman–Crippen LogP) is 6.81. The molecule has 0 aliphatic heterocycles. The van der Waals surface area contributed by atoms with E-state index in [0.717, 1.165) is 41.3 Å². The molecule has 0 bridgehead atoms. The summed E-state index contributed by atoms with van der Waals surface area (Å²) >= 11 is 3.51. The second-order valence-electron chi connectivity index (χ2n) is 8.78. The van der Waals surface area contributed by atoms with E-state index in [4.69, 9.17) is 9.72 Å². The lowest BCUT2D eigenvalue weighted by Crippen LogP contribution is -2.25. The number of nitrogens with zero attached hydrogens (tertiary/aromatic N) is 3. The van der Waals surface area contributed by atoms with E-state index >= 15 is 0 Å². The van der Waals surface area contributed by atoms with Crippen LogP contribution in [0.3, 0.4) is 0 Å². The summed E-state index contributed by atoms with van der Waals surface area (Å²) in [5.74, 6) is 1.25. The first-order chi connectivity index (χ1) is 17.1. The highest BCUT2D eigenvalue weighted by atomic mass is 79.9. The van der Waals surface area contributed by atoms with Crippen molar-refractivity contribution in [2.75, 3.05) is 0 Å². The van der Waals surface area contributed by atoms with Crippen LogP contribution in [0.25, 0.3) is 10.9 Å².